The maximum atomic E-state index is 12.3. The number of methoxy groups -OCH3 is 2. The van der Waals surface area contributed by atoms with E-state index in [0.717, 1.165) is 17.4 Å². The van der Waals surface area contributed by atoms with Crippen molar-refractivity contribution < 1.29 is 32.2 Å². The van der Waals surface area contributed by atoms with Gasteiger partial charge in [0.25, 0.3) is 0 Å². The molecule has 1 aliphatic heterocycles. The van der Waals surface area contributed by atoms with E-state index >= 15 is 0 Å². The van der Waals surface area contributed by atoms with Crippen LogP contribution < -0.4 is 9.46 Å². The second-order valence-corrected chi connectivity index (χ2v) is 8.39. The normalized spacial score (nSPS) is 13.8. The average molecular weight is 411 g/mol. The van der Waals surface area contributed by atoms with Crippen LogP contribution in [0, 0.1) is 6.92 Å². The first-order chi connectivity index (χ1) is 13.1. The van der Waals surface area contributed by atoms with Crippen molar-refractivity contribution in [2.45, 2.75) is 39.7 Å². The van der Waals surface area contributed by atoms with Gasteiger partial charge in [0.2, 0.25) is 10.0 Å². The molecule has 8 nitrogen and oxygen atoms in total. The third-order valence-corrected chi connectivity index (χ3v) is 5.14. The second kappa shape index (κ2) is 8.64. The topological polar surface area (TPSA) is 108 Å². The molecule has 0 radical (unpaired) electrons. The molecule has 154 valence electrons. The summed E-state index contributed by atoms with van der Waals surface area (Å²) in [6.07, 6.45) is 3.97. The van der Waals surface area contributed by atoms with Crippen molar-refractivity contribution in [3.63, 3.8) is 0 Å². The first-order valence-corrected chi connectivity index (χ1v) is 10.6. The van der Waals surface area contributed by atoms with Crippen LogP contribution in [0.3, 0.4) is 0 Å². The number of hydrogen-bond acceptors (Lipinski definition) is 7. The Hall–Kier alpha value is -2.55. The minimum Gasteiger partial charge on any atom is -0.496 e. The van der Waals surface area contributed by atoms with E-state index in [4.69, 9.17) is 9.47 Å². The van der Waals surface area contributed by atoms with Gasteiger partial charge in [0.1, 0.15) is 12.4 Å². The minimum atomic E-state index is -3.64. The molecule has 0 aliphatic carbocycles. The lowest BCUT2D eigenvalue weighted by Gasteiger charge is -2.19. The van der Waals surface area contributed by atoms with Gasteiger partial charge in [0.15, 0.2) is 0 Å². The molecule has 1 aromatic carbocycles. The molecule has 0 spiro atoms. The molecule has 1 N–H and O–H groups in total. The van der Waals surface area contributed by atoms with E-state index in [-0.39, 0.29) is 30.2 Å². The summed E-state index contributed by atoms with van der Waals surface area (Å²) in [5, 5.41) is 0. The lowest BCUT2D eigenvalue weighted by molar-refractivity contribution is -0.140. The fourth-order valence-electron chi connectivity index (χ4n) is 3.13. The molecule has 1 aromatic rings. The monoisotopic (exact) mass is 411 g/mol. The van der Waals surface area contributed by atoms with Crippen molar-refractivity contribution in [2.75, 3.05) is 25.2 Å². The van der Waals surface area contributed by atoms with Crippen LogP contribution in [-0.4, -0.2) is 40.8 Å². The summed E-state index contributed by atoms with van der Waals surface area (Å²) in [4.78, 5) is 23.6. The number of carbonyl (C=O) groups excluding carboxylic acids is 2. The summed E-state index contributed by atoms with van der Waals surface area (Å²) in [7, 11) is -0.812. The SMILES string of the molecule is COC(=O)CC/C(C)=C/Cc1c(NS(C)(=O)=O)c2c(c(C)c1OC)COC2=O. The van der Waals surface area contributed by atoms with Crippen molar-refractivity contribution >= 4 is 27.6 Å². The number of hydrogen-bond donors (Lipinski definition) is 1. The molecule has 0 atom stereocenters. The third kappa shape index (κ3) is 4.83. The lowest BCUT2D eigenvalue weighted by Crippen LogP contribution is -2.16. The molecule has 1 heterocycles. The molecule has 1 aliphatic rings. The first kappa shape index (κ1) is 21.7. The smallest absolute Gasteiger partial charge is 0.341 e. The Morgan fingerprint density at radius 3 is 2.54 bits per heavy atom. The van der Waals surface area contributed by atoms with E-state index in [1.54, 1.807) is 6.92 Å². The molecule has 0 unspecified atom stereocenters. The van der Waals surface area contributed by atoms with Crippen molar-refractivity contribution in [1.82, 2.24) is 0 Å². The van der Waals surface area contributed by atoms with Gasteiger partial charge in [-0.1, -0.05) is 11.6 Å². The van der Waals surface area contributed by atoms with Crippen LogP contribution in [0.15, 0.2) is 11.6 Å². The van der Waals surface area contributed by atoms with E-state index < -0.39 is 16.0 Å². The Balaban J connectivity index is 2.52. The molecule has 0 saturated heterocycles. The van der Waals surface area contributed by atoms with Crippen LogP contribution in [0.25, 0.3) is 0 Å². The van der Waals surface area contributed by atoms with Crippen molar-refractivity contribution in [3.8, 4) is 5.75 Å². The summed E-state index contributed by atoms with van der Waals surface area (Å²) in [6, 6.07) is 0. The first-order valence-electron chi connectivity index (χ1n) is 8.68. The molecular weight excluding hydrogens is 386 g/mol. The molecule has 9 heteroatoms. The Kier molecular flexibility index (Phi) is 6.71. The number of ether oxygens (including phenoxy) is 3. The molecule has 0 aromatic heterocycles. The predicted octanol–water partition coefficient (Wildman–Crippen LogP) is 2.49. The highest BCUT2D eigenvalue weighted by molar-refractivity contribution is 7.92. The summed E-state index contributed by atoms with van der Waals surface area (Å²) in [5.41, 5.74) is 3.22. The number of fused-ring (bicyclic) bond motifs is 1. The van der Waals surface area contributed by atoms with E-state index in [9.17, 15) is 18.0 Å². The fraction of sp³-hybridized carbons (Fsp3) is 0.474. The number of esters is 2. The molecule has 2 rings (SSSR count). The number of sulfonamides is 1. The summed E-state index contributed by atoms with van der Waals surface area (Å²) < 4.78 is 41.6. The Morgan fingerprint density at radius 2 is 1.96 bits per heavy atom. The second-order valence-electron chi connectivity index (χ2n) is 6.65. The largest absolute Gasteiger partial charge is 0.496 e. The van der Waals surface area contributed by atoms with Crippen molar-refractivity contribution in [3.05, 3.63) is 33.9 Å². The third-order valence-electron chi connectivity index (χ3n) is 4.57. The molecule has 0 saturated carbocycles. The van der Waals surface area contributed by atoms with Crippen molar-refractivity contribution in [1.29, 1.82) is 0 Å². The van der Waals surface area contributed by atoms with E-state index in [1.807, 2.05) is 13.0 Å². The maximum Gasteiger partial charge on any atom is 0.341 e. The molecule has 0 fully saturated rings. The van der Waals surface area contributed by atoms with Crippen LogP contribution in [0.5, 0.6) is 5.75 Å². The molecular formula is C19H25NO7S. The van der Waals surface area contributed by atoms with Gasteiger partial charge in [0, 0.05) is 17.5 Å². The quantitative estimate of drug-likeness (QED) is 0.517. The van der Waals surface area contributed by atoms with Gasteiger partial charge in [-0.25, -0.2) is 13.2 Å². The Morgan fingerprint density at radius 1 is 1.29 bits per heavy atom. The lowest BCUT2D eigenvalue weighted by atomic mass is 9.94. The van der Waals surface area contributed by atoms with Gasteiger partial charge in [-0.2, -0.15) is 0 Å². The zero-order valence-corrected chi connectivity index (χ0v) is 17.5. The number of nitrogens with one attached hydrogen (secondary N) is 1. The summed E-state index contributed by atoms with van der Waals surface area (Å²) in [6.45, 7) is 3.75. The molecule has 28 heavy (non-hydrogen) atoms. The maximum absolute atomic E-state index is 12.3. The Labute approximate surface area is 164 Å². The van der Waals surface area contributed by atoms with Gasteiger partial charge in [-0.05, 0) is 32.3 Å². The summed E-state index contributed by atoms with van der Waals surface area (Å²) in [5.74, 6) is -0.374. The van der Waals surface area contributed by atoms with Crippen LogP contribution >= 0.6 is 0 Å². The standard InChI is InChI=1S/C19H25NO7S/c1-11(7-9-15(21)25-3)6-8-13-17(20-28(5,23)24)16-14(10-27-19(16)22)12(2)18(13)26-4/h6,20H,7-10H2,1-5H3/b11-6+. The molecule has 0 bridgehead atoms. The number of cyclic esters (lactones) is 1. The van der Waals surface area contributed by atoms with Crippen LogP contribution in [0.2, 0.25) is 0 Å². The highest BCUT2D eigenvalue weighted by Crippen LogP contribution is 2.41. The zero-order chi connectivity index (χ0) is 21.1. The fourth-order valence-corrected chi connectivity index (χ4v) is 3.73. The summed E-state index contributed by atoms with van der Waals surface area (Å²) >= 11 is 0. The van der Waals surface area contributed by atoms with E-state index in [0.29, 0.717) is 29.7 Å². The number of anilines is 1. The van der Waals surface area contributed by atoms with Crippen LogP contribution in [-0.2, 0) is 37.3 Å². The highest BCUT2D eigenvalue weighted by Gasteiger charge is 2.32. The van der Waals surface area contributed by atoms with Crippen LogP contribution in [0.1, 0.15) is 46.8 Å². The minimum absolute atomic E-state index is 0.0725. The average Bonchev–Trinajstić information content (AvgIpc) is 3.01. The van der Waals surface area contributed by atoms with Crippen LogP contribution in [0.4, 0.5) is 5.69 Å². The van der Waals surface area contributed by atoms with Gasteiger partial charge in [-0.15, -0.1) is 0 Å². The number of rotatable bonds is 8. The van der Waals surface area contributed by atoms with E-state index in [2.05, 4.69) is 9.46 Å². The van der Waals surface area contributed by atoms with Crippen molar-refractivity contribution in [2.24, 2.45) is 0 Å². The number of allylic oxidation sites excluding steroid dienone is 2. The number of carbonyl (C=O) groups is 2. The Bertz CT molecular complexity index is 932. The highest BCUT2D eigenvalue weighted by atomic mass is 32.2. The van der Waals surface area contributed by atoms with Gasteiger partial charge in [0.05, 0.1) is 31.7 Å². The van der Waals surface area contributed by atoms with Gasteiger partial charge >= 0.3 is 11.9 Å². The molecule has 0 amide bonds. The number of benzene rings is 1. The van der Waals surface area contributed by atoms with Gasteiger partial charge < -0.3 is 14.2 Å². The van der Waals surface area contributed by atoms with E-state index in [1.165, 1.54) is 14.2 Å². The zero-order valence-electron chi connectivity index (χ0n) is 16.7. The predicted molar refractivity (Wildman–Crippen MR) is 104 cm³/mol. The van der Waals surface area contributed by atoms with Gasteiger partial charge in [-0.3, -0.25) is 9.52 Å².